The smallest absolute Gasteiger partial charge is 0.343 e. The first-order valence-corrected chi connectivity index (χ1v) is 9.86. The van der Waals surface area contributed by atoms with Crippen LogP contribution < -0.4 is 0 Å². The number of carbonyl (C=O) groups excluding carboxylic acids is 1. The zero-order chi connectivity index (χ0) is 21.3. The molecule has 0 unspecified atom stereocenters. The van der Waals surface area contributed by atoms with E-state index in [-0.39, 0.29) is 29.2 Å². The fraction of sp³-hybridized carbons (Fsp3) is 0.0417. The van der Waals surface area contributed by atoms with Gasteiger partial charge in [0.2, 0.25) is 0 Å². The van der Waals surface area contributed by atoms with E-state index in [4.69, 9.17) is 27.9 Å². The SMILES string of the molecule is O=C(OCc1ccc(Cl)cc1Cl)c1c(-c2ccccc2)c(O)c2ccccc2c1O. The molecule has 30 heavy (non-hydrogen) atoms. The van der Waals surface area contributed by atoms with Crippen molar-refractivity contribution < 1.29 is 19.7 Å². The lowest BCUT2D eigenvalue weighted by Crippen LogP contribution is -2.08. The first-order chi connectivity index (χ1) is 14.5. The van der Waals surface area contributed by atoms with Crippen LogP contribution in [-0.2, 0) is 11.3 Å². The largest absolute Gasteiger partial charge is 0.507 e. The van der Waals surface area contributed by atoms with Gasteiger partial charge in [0, 0.05) is 31.9 Å². The minimum Gasteiger partial charge on any atom is -0.507 e. The van der Waals surface area contributed by atoms with Crippen LogP contribution in [0.4, 0.5) is 0 Å². The number of rotatable bonds is 4. The number of esters is 1. The Labute approximate surface area is 182 Å². The van der Waals surface area contributed by atoms with Crippen LogP contribution in [-0.4, -0.2) is 16.2 Å². The summed E-state index contributed by atoms with van der Waals surface area (Å²) in [5.41, 5.74) is 1.24. The molecule has 0 heterocycles. The molecule has 6 heteroatoms. The summed E-state index contributed by atoms with van der Waals surface area (Å²) in [6, 6.07) is 20.5. The Bertz CT molecular complexity index is 1250. The number of hydrogen-bond donors (Lipinski definition) is 2. The maximum absolute atomic E-state index is 13.0. The molecule has 4 aromatic rings. The molecule has 4 aromatic carbocycles. The molecule has 2 N–H and O–H groups in total. The van der Waals surface area contributed by atoms with Gasteiger partial charge in [-0.1, -0.05) is 83.9 Å². The highest BCUT2D eigenvalue weighted by atomic mass is 35.5. The zero-order valence-electron chi connectivity index (χ0n) is 15.6. The second-order valence-corrected chi connectivity index (χ2v) is 7.51. The van der Waals surface area contributed by atoms with Crippen molar-refractivity contribution in [1.29, 1.82) is 0 Å². The van der Waals surface area contributed by atoms with Gasteiger partial charge in [0.1, 0.15) is 23.7 Å². The van der Waals surface area contributed by atoms with Crippen molar-refractivity contribution in [3.05, 3.63) is 94.0 Å². The van der Waals surface area contributed by atoms with Gasteiger partial charge in [0.25, 0.3) is 0 Å². The molecule has 0 spiro atoms. The van der Waals surface area contributed by atoms with Crippen molar-refractivity contribution in [2.75, 3.05) is 0 Å². The van der Waals surface area contributed by atoms with Crippen LogP contribution in [0.2, 0.25) is 10.0 Å². The minimum absolute atomic E-state index is 0.105. The Morgan fingerprint density at radius 2 is 1.47 bits per heavy atom. The Hall–Kier alpha value is -3.21. The predicted molar refractivity (Wildman–Crippen MR) is 118 cm³/mol. The maximum atomic E-state index is 13.0. The molecule has 0 aromatic heterocycles. The van der Waals surface area contributed by atoms with Crippen LogP contribution in [0.15, 0.2) is 72.8 Å². The molecule has 4 nitrogen and oxygen atoms in total. The van der Waals surface area contributed by atoms with E-state index in [9.17, 15) is 15.0 Å². The molecule has 0 amide bonds. The third-order valence-corrected chi connectivity index (χ3v) is 5.39. The van der Waals surface area contributed by atoms with Crippen molar-refractivity contribution >= 4 is 39.9 Å². The van der Waals surface area contributed by atoms with E-state index in [1.54, 1.807) is 66.7 Å². The lowest BCUT2D eigenvalue weighted by Gasteiger charge is -2.16. The van der Waals surface area contributed by atoms with Crippen LogP contribution in [0, 0.1) is 0 Å². The van der Waals surface area contributed by atoms with Crippen molar-refractivity contribution in [3.63, 3.8) is 0 Å². The number of hydrogen-bond acceptors (Lipinski definition) is 4. The number of aromatic hydroxyl groups is 2. The Kier molecular flexibility index (Phi) is 5.53. The van der Waals surface area contributed by atoms with Gasteiger partial charge < -0.3 is 14.9 Å². The lowest BCUT2D eigenvalue weighted by atomic mass is 9.93. The Morgan fingerprint density at radius 3 is 2.13 bits per heavy atom. The van der Waals surface area contributed by atoms with E-state index in [2.05, 4.69) is 0 Å². The fourth-order valence-corrected chi connectivity index (χ4v) is 3.80. The molecule has 0 saturated carbocycles. The summed E-state index contributed by atoms with van der Waals surface area (Å²) in [5.74, 6) is -1.14. The highest BCUT2D eigenvalue weighted by Crippen LogP contribution is 2.45. The summed E-state index contributed by atoms with van der Waals surface area (Å²) in [7, 11) is 0. The van der Waals surface area contributed by atoms with E-state index in [0.29, 0.717) is 31.9 Å². The van der Waals surface area contributed by atoms with Crippen LogP contribution in [0.5, 0.6) is 11.5 Å². The van der Waals surface area contributed by atoms with Gasteiger partial charge in [-0.05, 0) is 17.7 Å². The van der Waals surface area contributed by atoms with E-state index < -0.39 is 5.97 Å². The summed E-state index contributed by atoms with van der Waals surface area (Å²) in [5, 5.41) is 23.5. The van der Waals surface area contributed by atoms with Crippen LogP contribution in [0.25, 0.3) is 21.9 Å². The normalized spacial score (nSPS) is 10.9. The molecular weight excluding hydrogens is 423 g/mol. The molecule has 150 valence electrons. The Morgan fingerprint density at radius 1 is 0.833 bits per heavy atom. The van der Waals surface area contributed by atoms with E-state index in [0.717, 1.165) is 0 Å². The standard InChI is InChI=1S/C24H16Cl2O4/c25-16-11-10-15(19(26)12-16)13-30-24(29)21-20(14-6-2-1-3-7-14)22(27)17-8-4-5-9-18(17)23(21)28/h1-12,27-28H,13H2. The molecule has 0 aliphatic carbocycles. The third-order valence-electron chi connectivity index (χ3n) is 4.80. The first kappa shape index (κ1) is 20.1. The van der Waals surface area contributed by atoms with Crippen molar-refractivity contribution in [2.24, 2.45) is 0 Å². The van der Waals surface area contributed by atoms with Crippen molar-refractivity contribution in [2.45, 2.75) is 6.61 Å². The summed E-state index contributed by atoms with van der Waals surface area (Å²) in [6.07, 6.45) is 0. The summed E-state index contributed by atoms with van der Waals surface area (Å²) in [6.45, 7) is -0.115. The van der Waals surface area contributed by atoms with Gasteiger partial charge in [-0.2, -0.15) is 0 Å². The molecule has 0 radical (unpaired) electrons. The second kappa shape index (κ2) is 8.27. The molecule has 0 saturated heterocycles. The van der Waals surface area contributed by atoms with Gasteiger partial charge in [0.05, 0.1) is 0 Å². The Balaban J connectivity index is 1.82. The van der Waals surface area contributed by atoms with Gasteiger partial charge in [0.15, 0.2) is 0 Å². The second-order valence-electron chi connectivity index (χ2n) is 6.67. The number of carbonyl (C=O) groups is 1. The number of fused-ring (bicyclic) bond motifs is 1. The van der Waals surface area contributed by atoms with Gasteiger partial charge >= 0.3 is 5.97 Å². The molecule has 0 aliphatic heterocycles. The van der Waals surface area contributed by atoms with Gasteiger partial charge in [-0.3, -0.25) is 0 Å². The average molecular weight is 439 g/mol. The molecule has 0 atom stereocenters. The third kappa shape index (κ3) is 3.67. The monoisotopic (exact) mass is 438 g/mol. The highest BCUT2D eigenvalue weighted by molar-refractivity contribution is 6.35. The van der Waals surface area contributed by atoms with Crippen molar-refractivity contribution in [3.8, 4) is 22.6 Å². The number of ether oxygens (including phenoxy) is 1. The van der Waals surface area contributed by atoms with Crippen molar-refractivity contribution in [1.82, 2.24) is 0 Å². The molecular formula is C24H16Cl2O4. The summed E-state index contributed by atoms with van der Waals surface area (Å²) in [4.78, 5) is 13.0. The van der Waals surface area contributed by atoms with E-state index in [1.165, 1.54) is 0 Å². The fourth-order valence-electron chi connectivity index (χ4n) is 3.34. The minimum atomic E-state index is -0.779. The van der Waals surface area contributed by atoms with E-state index >= 15 is 0 Å². The lowest BCUT2D eigenvalue weighted by molar-refractivity contribution is 0.0470. The highest BCUT2D eigenvalue weighted by Gasteiger charge is 2.26. The predicted octanol–water partition coefficient (Wildman–Crippen LogP) is 6.58. The van der Waals surface area contributed by atoms with Gasteiger partial charge in [-0.15, -0.1) is 0 Å². The number of benzene rings is 4. The maximum Gasteiger partial charge on any atom is 0.343 e. The van der Waals surface area contributed by atoms with E-state index in [1.807, 2.05) is 6.07 Å². The van der Waals surface area contributed by atoms with Crippen LogP contribution in [0.1, 0.15) is 15.9 Å². The zero-order valence-corrected chi connectivity index (χ0v) is 17.1. The quantitative estimate of drug-likeness (QED) is 0.278. The van der Waals surface area contributed by atoms with Crippen LogP contribution in [0.3, 0.4) is 0 Å². The molecule has 0 aliphatic rings. The number of phenols is 2. The number of phenolic OH excluding ortho intramolecular Hbond substituents is 2. The first-order valence-electron chi connectivity index (χ1n) is 9.10. The van der Waals surface area contributed by atoms with Gasteiger partial charge in [-0.25, -0.2) is 4.79 Å². The summed E-state index contributed by atoms with van der Waals surface area (Å²) < 4.78 is 5.44. The molecule has 4 rings (SSSR count). The van der Waals surface area contributed by atoms with Crippen LogP contribution >= 0.6 is 23.2 Å². The number of halogens is 2. The summed E-state index contributed by atoms with van der Waals surface area (Å²) >= 11 is 12.1. The average Bonchev–Trinajstić information content (AvgIpc) is 2.76. The topological polar surface area (TPSA) is 66.8 Å². The molecule has 0 fully saturated rings. The molecule has 0 bridgehead atoms.